The number of carbonyl (C=O) groups is 1. The van der Waals surface area contributed by atoms with Crippen LogP contribution in [0, 0.1) is 0 Å². The Morgan fingerprint density at radius 3 is 2.71 bits per heavy atom. The van der Waals surface area contributed by atoms with Gasteiger partial charge in [-0.25, -0.2) is 4.79 Å². The first-order valence-electron chi connectivity index (χ1n) is 8.28. The van der Waals surface area contributed by atoms with Gasteiger partial charge in [0.05, 0.1) is 17.8 Å². The SMILES string of the molecule is CCc1ccc2c(c1)N(Cc1ccccc1C(=O)O)CC(C)(C)O2. The molecule has 1 heterocycles. The largest absolute Gasteiger partial charge is 0.484 e. The summed E-state index contributed by atoms with van der Waals surface area (Å²) >= 11 is 0. The second-order valence-electron chi connectivity index (χ2n) is 6.84. The van der Waals surface area contributed by atoms with E-state index in [4.69, 9.17) is 4.74 Å². The van der Waals surface area contributed by atoms with Crippen LogP contribution in [0.2, 0.25) is 0 Å². The Bertz CT molecular complexity index is 767. The highest BCUT2D eigenvalue weighted by Gasteiger charge is 2.32. The maximum Gasteiger partial charge on any atom is 0.336 e. The summed E-state index contributed by atoms with van der Waals surface area (Å²) in [5.74, 6) is -0.0306. The number of anilines is 1. The van der Waals surface area contributed by atoms with Crippen LogP contribution >= 0.6 is 0 Å². The number of fused-ring (bicyclic) bond motifs is 1. The quantitative estimate of drug-likeness (QED) is 0.918. The van der Waals surface area contributed by atoms with Crippen molar-refractivity contribution in [2.75, 3.05) is 11.4 Å². The molecule has 0 saturated heterocycles. The predicted molar refractivity (Wildman–Crippen MR) is 95.0 cm³/mol. The third kappa shape index (κ3) is 3.23. The van der Waals surface area contributed by atoms with E-state index in [0.717, 1.165) is 23.4 Å². The van der Waals surface area contributed by atoms with Crippen LogP contribution in [-0.4, -0.2) is 23.2 Å². The molecule has 0 fully saturated rings. The minimum atomic E-state index is -0.888. The van der Waals surface area contributed by atoms with Crippen molar-refractivity contribution >= 4 is 11.7 Å². The van der Waals surface area contributed by atoms with Gasteiger partial charge in [0.25, 0.3) is 0 Å². The highest BCUT2D eigenvalue weighted by Crippen LogP contribution is 2.38. The summed E-state index contributed by atoms with van der Waals surface area (Å²) in [6.07, 6.45) is 0.955. The van der Waals surface area contributed by atoms with E-state index >= 15 is 0 Å². The van der Waals surface area contributed by atoms with E-state index in [-0.39, 0.29) is 5.60 Å². The molecule has 126 valence electrons. The molecule has 4 nitrogen and oxygen atoms in total. The molecule has 0 unspecified atom stereocenters. The molecule has 0 atom stereocenters. The van der Waals surface area contributed by atoms with Gasteiger partial charge >= 0.3 is 5.97 Å². The van der Waals surface area contributed by atoms with Crippen molar-refractivity contribution in [1.29, 1.82) is 0 Å². The second kappa shape index (κ2) is 6.19. The minimum Gasteiger partial charge on any atom is -0.484 e. The zero-order chi connectivity index (χ0) is 17.3. The van der Waals surface area contributed by atoms with Gasteiger partial charge in [0.2, 0.25) is 0 Å². The molecule has 0 amide bonds. The van der Waals surface area contributed by atoms with Crippen molar-refractivity contribution in [3.8, 4) is 5.75 Å². The van der Waals surface area contributed by atoms with Gasteiger partial charge in [0, 0.05) is 6.54 Å². The number of hydrogen-bond acceptors (Lipinski definition) is 3. The molecule has 3 rings (SSSR count). The van der Waals surface area contributed by atoms with Crippen molar-refractivity contribution in [3.05, 3.63) is 59.2 Å². The summed E-state index contributed by atoms with van der Waals surface area (Å²) in [5, 5.41) is 9.43. The first-order chi connectivity index (χ1) is 11.4. The molecule has 2 aromatic carbocycles. The second-order valence-corrected chi connectivity index (χ2v) is 6.84. The molecule has 0 spiro atoms. The van der Waals surface area contributed by atoms with Crippen LogP contribution in [-0.2, 0) is 13.0 Å². The average molecular weight is 325 g/mol. The van der Waals surface area contributed by atoms with E-state index in [2.05, 4.69) is 37.8 Å². The maximum atomic E-state index is 11.5. The summed E-state index contributed by atoms with van der Waals surface area (Å²) < 4.78 is 6.11. The number of aryl methyl sites for hydroxylation is 1. The molecule has 0 radical (unpaired) electrons. The van der Waals surface area contributed by atoms with E-state index in [1.54, 1.807) is 12.1 Å². The van der Waals surface area contributed by atoms with Crippen LogP contribution in [0.15, 0.2) is 42.5 Å². The fraction of sp³-hybridized carbons (Fsp3) is 0.350. The molecule has 0 aromatic heterocycles. The van der Waals surface area contributed by atoms with E-state index < -0.39 is 5.97 Å². The summed E-state index contributed by atoms with van der Waals surface area (Å²) in [5.41, 5.74) is 3.13. The summed E-state index contributed by atoms with van der Waals surface area (Å²) in [6, 6.07) is 13.4. The van der Waals surface area contributed by atoms with Crippen LogP contribution in [0.1, 0.15) is 42.3 Å². The normalized spacial score (nSPS) is 15.5. The fourth-order valence-corrected chi connectivity index (χ4v) is 3.20. The van der Waals surface area contributed by atoms with Gasteiger partial charge < -0.3 is 14.7 Å². The Balaban J connectivity index is 2.01. The lowest BCUT2D eigenvalue weighted by Crippen LogP contribution is -2.46. The van der Waals surface area contributed by atoms with Gasteiger partial charge in [0.1, 0.15) is 11.4 Å². The third-order valence-electron chi connectivity index (χ3n) is 4.34. The number of nitrogens with zero attached hydrogens (tertiary/aromatic N) is 1. The van der Waals surface area contributed by atoms with Crippen LogP contribution in [0.5, 0.6) is 5.75 Å². The molecule has 1 aliphatic rings. The van der Waals surface area contributed by atoms with Crippen LogP contribution in [0.3, 0.4) is 0 Å². The number of carboxylic acids is 1. The fourth-order valence-electron chi connectivity index (χ4n) is 3.20. The number of rotatable bonds is 4. The van der Waals surface area contributed by atoms with Gasteiger partial charge in [-0.05, 0) is 49.6 Å². The third-order valence-corrected chi connectivity index (χ3v) is 4.34. The van der Waals surface area contributed by atoms with Gasteiger partial charge in [-0.2, -0.15) is 0 Å². The number of benzene rings is 2. The van der Waals surface area contributed by atoms with E-state index in [9.17, 15) is 9.90 Å². The van der Waals surface area contributed by atoms with E-state index in [1.165, 1.54) is 5.56 Å². The standard InChI is InChI=1S/C20H23NO3/c1-4-14-9-10-18-17(11-14)21(13-20(2,3)24-18)12-15-7-5-6-8-16(15)19(22)23/h5-11H,4,12-13H2,1-3H3,(H,22,23). The van der Waals surface area contributed by atoms with Crippen molar-refractivity contribution in [2.45, 2.75) is 39.3 Å². The number of hydrogen-bond donors (Lipinski definition) is 1. The zero-order valence-electron chi connectivity index (χ0n) is 14.4. The van der Waals surface area contributed by atoms with E-state index in [1.807, 2.05) is 18.2 Å². The lowest BCUT2D eigenvalue weighted by Gasteiger charge is -2.41. The Morgan fingerprint density at radius 1 is 1.25 bits per heavy atom. The van der Waals surface area contributed by atoms with Gasteiger partial charge in [-0.15, -0.1) is 0 Å². The van der Waals surface area contributed by atoms with Crippen molar-refractivity contribution in [3.63, 3.8) is 0 Å². The van der Waals surface area contributed by atoms with Gasteiger partial charge in [-0.1, -0.05) is 31.2 Å². The minimum absolute atomic E-state index is 0.321. The van der Waals surface area contributed by atoms with Crippen molar-refractivity contribution < 1.29 is 14.6 Å². The molecular weight excluding hydrogens is 302 g/mol. The Morgan fingerprint density at radius 2 is 2.00 bits per heavy atom. The molecule has 24 heavy (non-hydrogen) atoms. The topological polar surface area (TPSA) is 49.8 Å². The van der Waals surface area contributed by atoms with Crippen molar-refractivity contribution in [2.24, 2.45) is 0 Å². The van der Waals surface area contributed by atoms with Crippen LogP contribution < -0.4 is 9.64 Å². The summed E-state index contributed by atoms with van der Waals surface area (Å²) in [6.45, 7) is 7.50. The number of aromatic carboxylic acids is 1. The van der Waals surface area contributed by atoms with Gasteiger partial charge in [-0.3, -0.25) is 0 Å². The number of ether oxygens (including phenoxy) is 1. The molecular formula is C20H23NO3. The summed E-state index contributed by atoms with van der Waals surface area (Å²) in [7, 11) is 0. The van der Waals surface area contributed by atoms with Crippen LogP contribution in [0.4, 0.5) is 5.69 Å². The summed E-state index contributed by atoms with van der Waals surface area (Å²) in [4.78, 5) is 13.7. The molecule has 1 N–H and O–H groups in total. The lowest BCUT2D eigenvalue weighted by molar-refractivity contribution is 0.0695. The smallest absolute Gasteiger partial charge is 0.336 e. The monoisotopic (exact) mass is 325 g/mol. The first kappa shape index (κ1) is 16.4. The first-order valence-corrected chi connectivity index (χ1v) is 8.28. The average Bonchev–Trinajstić information content (AvgIpc) is 2.54. The molecule has 0 aliphatic carbocycles. The van der Waals surface area contributed by atoms with Crippen LogP contribution in [0.25, 0.3) is 0 Å². The molecule has 0 bridgehead atoms. The highest BCUT2D eigenvalue weighted by atomic mass is 16.5. The molecule has 4 heteroatoms. The van der Waals surface area contributed by atoms with E-state index in [0.29, 0.717) is 18.7 Å². The Kier molecular flexibility index (Phi) is 4.22. The lowest BCUT2D eigenvalue weighted by atomic mass is 10.0. The van der Waals surface area contributed by atoms with Crippen molar-refractivity contribution in [1.82, 2.24) is 0 Å². The molecule has 0 saturated carbocycles. The highest BCUT2D eigenvalue weighted by molar-refractivity contribution is 5.89. The maximum absolute atomic E-state index is 11.5. The molecule has 2 aromatic rings. The zero-order valence-corrected chi connectivity index (χ0v) is 14.4. The molecule has 1 aliphatic heterocycles. The predicted octanol–water partition coefficient (Wildman–Crippen LogP) is 4.12. The Hall–Kier alpha value is -2.49. The number of carboxylic acid groups (broad SMARTS) is 1. The van der Waals surface area contributed by atoms with Gasteiger partial charge in [0.15, 0.2) is 0 Å². The Labute approximate surface area is 142 Å².